The van der Waals surface area contributed by atoms with Crippen LogP contribution < -0.4 is 26.6 Å². The molecule has 0 aliphatic carbocycles. The van der Waals surface area contributed by atoms with Gasteiger partial charge >= 0.3 is 18.0 Å². The Morgan fingerprint density at radius 2 is 1.52 bits per heavy atom. The summed E-state index contributed by atoms with van der Waals surface area (Å²) in [6, 6.07) is 9.77. The van der Waals surface area contributed by atoms with Crippen molar-refractivity contribution in [3.05, 3.63) is 59.1 Å². The predicted molar refractivity (Wildman–Crippen MR) is 246 cm³/mol. The van der Waals surface area contributed by atoms with Gasteiger partial charge < -0.3 is 46.1 Å². The van der Waals surface area contributed by atoms with E-state index in [4.69, 9.17) is 9.47 Å². The fraction of sp³-hybridized carbons (Fsp3) is 0.523. The molecule has 20 heteroatoms. The van der Waals surface area contributed by atoms with Gasteiger partial charge in [0, 0.05) is 31.3 Å². The lowest BCUT2D eigenvalue weighted by molar-refractivity contribution is -0.155. The number of aromatic nitrogens is 1. The number of alkyl carbamates (subject to hydrolysis) is 1. The number of amides is 5. The fourth-order valence-electron chi connectivity index (χ4n) is 6.37. The number of fused-ring (bicyclic) bond motifs is 1. The summed E-state index contributed by atoms with van der Waals surface area (Å²) in [4.78, 5) is 102. The quantitative estimate of drug-likeness (QED) is 0.0532. The molecule has 0 fully saturated rings. The van der Waals surface area contributed by atoms with Crippen LogP contribution in [-0.4, -0.2) is 124 Å². The van der Waals surface area contributed by atoms with E-state index in [1.54, 1.807) is 63.2 Å². The first-order valence-corrected chi connectivity index (χ1v) is 23.0. The van der Waals surface area contributed by atoms with Crippen molar-refractivity contribution in [3.8, 4) is 0 Å². The SMILES string of the molecule is CC(=O)NCCCC[C@H](NC(=O)[C@H](CCCCN(C)C)NC(=O)[C@H](CCC(=O)OC(C)(C)C)NC(=O)OCc1ccccc1)C(=O)Nc1ccc2nc(C3=N[C@@H](C(=O)O)CS3)sc2c1. The molecule has 6 N–H and O–H groups in total. The van der Waals surface area contributed by atoms with Crippen molar-refractivity contribution in [3.63, 3.8) is 0 Å². The molecule has 2 heterocycles. The minimum atomic E-state index is -1.29. The van der Waals surface area contributed by atoms with E-state index >= 15 is 0 Å². The number of nitrogens with one attached hydrogen (secondary N) is 5. The number of rotatable bonds is 24. The average molecular weight is 925 g/mol. The van der Waals surface area contributed by atoms with Crippen LogP contribution in [0.3, 0.4) is 0 Å². The van der Waals surface area contributed by atoms with Crippen LogP contribution in [0.4, 0.5) is 10.5 Å². The van der Waals surface area contributed by atoms with E-state index in [-0.39, 0.29) is 38.2 Å². The summed E-state index contributed by atoms with van der Waals surface area (Å²) in [6.07, 6.45) is 1.31. The first-order valence-electron chi connectivity index (χ1n) is 21.2. The molecule has 64 heavy (non-hydrogen) atoms. The molecule has 2 aromatic carbocycles. The molecule has 1 aliphatic rings. The van der Waals surface area contributed by atoms with Gasteiger partial charge in [-0.15, -0.1) is 23.1 Å². The van der Waals surface area contributed by atoms with E-state index in [9.17, 15) is 38.7 Å². The number of esters is 1. The third-order valence-electron chi connectivity index (χ3n) is 9.56. The number of carboxylic acid groups (broad SMARTS) is 1. The summed E-state index contributed by atoms with van der Waals surface area (Å²) in [5.74, 6) is -3.35. The molecule has 1 aromatic heterocycles. The summed E-state index contributed by atoms with van der Waals surface area (Å²) < 4.78 is 11.5. The monoisotopic (exact) mass is 924 g/mol. The molecule has 18 nitrogen and oxygen atoms in total. The van der Waals surface area contributed by atoms with Crippen LogP contribution in [0.5, 0.6) is 0 Å². The molecule has 4 rings (SSSR count). The van der Waals surface area contributed by atoms with Crippen LogP contribution in [0.1, 0.15) is 89.6 Å². The first kappa shape index (κ1) is 51.0. The molecular formula is C44H60N8O10S2. The zero-order valence-electron chi connectivity index (χ0n) is 37.2. The number of thioether (sulfide) groups is 1. The number of anilines is 1. The summed E-state index contributed by atoms with van der Waals surface area (Å²) in [6.45, 7) is 7.57. The number of nitrogens with zero attached hydrogens (tertiary/aromatic N) is 3. The number of aliphatic carboxylic acids is 1. The number of carboxylic acids is 1. The molecular weight excluding hydrogens is 865 g/mol. The highest BCUT2D eigenvalue weighted by Gasteiger charge is 2.31. The van der Waals surface area contributed by atoms with E-state index in [1.807, 2.05) is 25.1 Å². The summed E-state index contributed by atoms with van der Waals surface area (Å²) in [5.41, 5.74) is 1.01. The van der Waals surface area contributed by atoms with Crippen LogP contribution in [0.2, 0.25) is 0 Å². The number of carbonyl (C=O) groups excluding carboxylic acids is 6. The van der Waals surface area contributed by atoms with Crippen molar-refractivity contribution in [2.75, 3.05) is 38.3 Å². The molecule has 0 radical (unpaired) electrons. The maximum Gasteiger partial charge on any atom is 0.408 e. The van der Waals surface area contributed by atoms with E-state index in [0.29, 0.717) is 59.2 Å². The van der Waals surface area contributed by atoms with Gasteiger partial charge in [0.15, 0.2) is 6.04 Å². The van der Waals surface area contributed by atoms with E-state index in [0.717, 1.165) is 16.8 Å². The lowest BCUT2D eigenvalue weighted by Crippen LogP contribution is -2.56. The first-order chi connectivity index (χ1) is 30.4. The second kappa shape index (κ2) is 25.0. The highest BCUT2D eigenvalue weighted by Crippen LogP contribution is 2.31. The normalized spacial score (nSPS) is 15.0. The molecule has 5 amide bonds. The standard InChI is InChI=1S/C44H60N8O10S2/c1-27(53)45-22-12-10-16-31(37(55)46-29-18-19-30-35(24-29)64-41(49-30)40-50-34(26-63-40)42(58)59)47-38(56)32(17-11-13-23-52(5)6)48-39(57)33(20-21-36(54)62-44(2,3)4)51-43(60)61-25-28-14-8-7-9-15-28/h7-9,14-15,18-19,24,31-34H,10-13,16-17,20-23,25-26H2,1-6H3,(H,45,53)(H,46,55)(H,47,56)(H,48,57)(H,51,60)(H,58,59)/t31-,32-,33-,34+/m0/s1. The van der Waals surface area contributed by atoms with E-state index < -0.39 is 65.5 Å². The third kappa shape index (κ3) is 17.9. The highest BCUT2D eigenvalue weighted by molar-refractivity contribution is 8.15. The second-order valence-electron chi connectivity index (χ2n) is 16.6. The van der Waals surface area contributed by atoms with Crippen molar-refractivity contribution in [1.29, 1.82) is 0 Å². The summed E-state index contributed by atoms with van der Waals surface area (Å²) >= 11 is 2.63. The van der Waals surface area contributed by atoms with Crippen LogP contribution in [0.25, 0.3) is 10.2 Å². The van der Waals surface area contributed by atoms with E-state index in [1.165, 1.54) is 30.0 Å². The molecule has 0 saturated carbocycles. The molecule has 0 spiro atoms. The largest absolute Gasteiger partial charge is 0.480 e. The van der Waals surface area contributed by atoms with Gasteiger partial charge in [0.05, 0.1) is 10.2 Å². The Morgan fingerprint density at radius 1 is 0.859 bits per heavy atom. The number of hydrogen-bond acceptors (Lipinski definition) is 14. The minimum absolute atomic E-state index is 0.0682. The molecule has 3 aromatic rings. The number of aliphatic imine (C=N–C) groups is 1. The number of unbranched alkanes of at least 4 members (excludes halogenated alkanes) is 2. The Bertz CT molecular complexity index is 2120. The molecule has 348 valence electrons. The smallest absolute Gasteiger partial charge is 0.408 e. The van der Waals surface area contributed by atoms with Gasteiger partial charge in [-0.1, -0.05) is 30.3 Å². The second-order valence-corrected chi connectivity index (χ2v) is 18.6. The van der Waals surface area contributed by atoms with Gasteiger partial charge in [-0.2, -0.15) is 0 Å². The Morgan fingerprint density at radius 3 is 2.14 bits per heavy atom. The lowest BCUT2D eigenvalue weighted by Gasteiger charge is -2.26. The van der Waals surface area contributed by atoms with Gasteiger partial charge in [0.25, 0.3) is 0 Å². The predicted octanol–water partition coefficient (Wildman–Crippen LogP) is 4.61. The van der Waals surface area contributed by atoms with Gasteiger partial charge in [0.1, 0.15) is 40.4 Å². The Kier molecular flexibility index (Phi) is 20.0. The van der Waals surface area contributed by atoms with Crippen LogP contribution in [0.15, 0.2) is 53.5 Å². The molecule has 0 unspecified atom stereocenters. The zero-order valence-corrected chi connectivity index (χ0v) is 38.8. The average Bonchev–Trinajstić information content (AvgIpc) is 3.90. The fourth-order valence-corrected chi connectivity index (χ4v) is 8.47. The van der Waals surface area contributed by atoms with E-state index in [2.05, 4.69) is 36.6 Å². The number of thiazole rings is 1. The van der Waals surface area contributed by atoms with Crippen molar-refractivity contribution in [1.82, 2.24) is 31.2 Å². The minimum Gasteiger partial charge on any atom is -0.480 e. The topological polar surface area (TPSA) is 247 Å². The van der Waals surface area contributed by atoms with Crippen molar-refractivity contribution < 1.29 is 48.1 Å². The van der Waals surface area contributed by atoms with Gasteiger partial charge in [-0.05, 0) is 110 Å². The molecule has 0 saturated heterocycles. The van der Waals surface area contributed by atoms with Gasteiger partial charge in [0.2, 0.25) is 23.6 Å². The number of benzene rings is 2. The maximum atomic E-state index is 14.2. The molecule has 0 bridgehead atoms. The van der Waals surface area contributed by atoms with Crippen molar-refractivity contribution in [2.45, 2.75) is 115 Å². The summed E-state index contributed by atoms with van der Waals surface area (Å²) in [7, 11) is 3.84. The lowest BCUT2D eigenvalue weighted by atomic mass is 10.0. The Balaban J connectivity index is 1.53. The van der Waals surface area contributed by atoms with Crippen molar-refractivity contribution >= 4 is 85.7 Å². The maximum absolute atomic E-state index is 14.2. The number of hydrogen-bond donors (Lipinski definition) is 6. The molecule has 4 atom stereocenters. The third-order valence-corrected chi connectivity index (χ3v) is 11.8. The van der Waals surface area contributed by atoms with Crippen molar-refractivity contribution in [2.24, 2.45) is 4.99 Å². The van der Waals surface area contributed by atoms with Gasteiger partial charge in [-0.25, -0.2) is 14.6 Å². The Hall–Kier alpha value is -5.60. The van der Waals surface area contributed by atoms with Gasteiger partial charge in [-0.3, -0.25) is 29.0 Å². The van der Waals surface area contributed by atoms with Crippen LogP contribution >= 0.6 is 23.1 Å². The Labute approximate surface area is 381 Å². The number of ether oxygens (including phenoxy) is 2. The highest BCUT2D eigenvalue weighted by atomic mass is 32.2. The van der Waals surface area contributed by atoms with Crippen LogP contribution in [-0.2, 0) is 44.8 Å². The zero-order chi connectivity index (χ0) is 46.8. The number of carbonyl (C=O) groups is 7. The van der Waals surface area contributed by atoms with Crippen LogP contribution in [0, 0.1) is 0 Å². The molecule has 1 aliphatic heterocycles. The summed E-state index contributed by atoms with van der Waals surface area (Å²) in [5, 5.41) is 24.3.